The van der Waals surface area contributed by atoms with Gasteiger partial charge in [0.2, 0.25) is 0 Å². The van der Waals surface area contributed by atoms with Gasteiger partial charge in [-0.2, -0.15) is 8.78 Å². The van der Waals surface area contributed by atoms with E-state index in [1.807, 2.05) is 0 Å². The highest BCUT2D eigenvalue weighted by atomic mass is 19.3. The minimum atomic E-state index is -3.03. The second-order valence-corrected chi connectivity index (χ2v) is 5.55. The van der Waals surface area contributed by atoms with Gasteiger partial charge in [-0.1, -0.05) is 6.07 Å². The molecule has 6 heteroatoms. The standard InChI is InChI=1S/C15H20F3NO2/c1-10-2-3-12(9-20)8-19(10)7-11-4-5-14(13(16)6-11)21-15(17)18/h4-6,10,12,15,20H,2-3,7-9H2,1H3. The summed E-state index contributed by atoms with van der Waals surface area (Å²) in [6.07, 6.45) is 1.98. The maximum absolute atomic E-state index is 13.7. The zero-order valence-electron chi connectivity index (χ0n) is 11.9. The molecule has 2 unspecified atom stereocenters. The molecule has 1 aliphatic rings. The van der Waals surface area contributed by atoms with Gasteiger partial charge in [-0.05, 0) is 43.4 Å². The first-order chi connectivity index (χ1) is 9.99. The van der Waals surface area contributed by atoms with Gasteiger partial charge < -0.3 is 9.84 Å². The van der Waals surface area contributed by atoms with Crippen LogP contribution in [-0.2, 0) is 6.54 Å². The quantitative estimate of drug-likeness (QED) is 0.907. The number of rotatable bonds is 5. The van der Waals surface area contributed by atoms with E-state index >= 15 is 0 Å². The largest absolute Gasteiger partial charge is 0.432 e. The summed E-state index contributed by atoms with van der Waals surface area (Å²) in [7, 11) is 0. The third-order valence-corrected chi connectivity index (χ3v) is 3.96. The average molecular weight is 303 g/mol. The third kappa shape index (κ3) is 4.35. The van der Waals surface area contributed by atoms with Crippen LogP contribution in [0.25, 0.3) is 0 Å². The fraction of sp³-hybridized carbons (Fsp3) is 0.600. The second kappa shape index (κ2) is 7.13. The van der Waals surface area contributed by atoms with Gasteiger partial charge in [-0.25, -0.2) is 4.39 Å². The van der Waals surface area contributed by atoms with E-state index in [4.69, 9.17) is 0 Å². The number of likely N-dealkylation sites (tertiary alicyclic amines) is 1. The van der Waals surface area contributed by atoms with E-state index in [1.165, 1.54) is 12.1 Å². The van der Waals surface area contributed by atoms with Gasteiger partial charge in [-0.15, -0.1) is 0 Å². The molecule has 1 aromatic carbocycles. The fourth-order valence-corrected chi connectivity index (χ4v) is 2.70. The molecule has 2 rings (SSSR count). The van der Waals surface area contributed by atoms with E-state index in [2.05, 4.69) is 16.6 Å². The van der Waals surface area contributed by atoms with E-state index in [-0.39, 0.29) is 12.5 Å². The van der Waals surface area contributed by atoms with Crippen LogP contribution in [-0.4, -0.2) is 35.8 Å². The lowest BCUT2D eigenvalue weighted by atomic mass is 9.93. The first kappa shape index (κ1) is 16.1. The summed E-state index contributed by atoms with van der Waals surface area (Å²) in [6, 6.07) is 4.41. The minimum Gasteiger partial charge on any atom is -0.432 e. The summed E-state index contributed by atoms with van der Waals surface area (Å²) in [6.45, 7) is 0.507. The molecule has 0 spiro atoms. The van der Waals surface area contributed by atoms with Gasteiger partial charge in [0.05, 0.1) is 0 Å². The molecule has 3 nitrogen and oxygen atoms in total. The topological polar surface area (TPSA) is 32.7 Å². The Hall–Kier alpha value is -1.27. The molecular formula is C15H20F3NO2. The molecule has 2 atom stereocenters. The Bertz CT molecular complexity index is 470. The molecule has 1 fully saturated rings. The van der Waals surface area contributed by atoms with Gasteiger partial charge >= 0.3 is 6.61 Å². The van der Waals surface area contributed by atoms with Gasteiger partial charge in [0.15, 0.2) is 11.6 Å². The van der Waals surface area contributed by atoms with Crippen molar-refractivity contribution >= 4 is 0 Å². The highest BCUT2D eigenvalue weighted by Gasteiger charge is 2.25. The molecule has 1 N–H and O–H groups in total. The third-order valence-electron chi connectivity index (χ3n) is 3.96. The van der Waals surface area contributed by atoms with Crippen LogP contribution in [0.4, 0.5) is 13.2 Å². The van der Waals surface area contributed by atoms with Crippen LogP contribution in [0.15, 0.2) is 18.2 Å². The molecule has 0 aromatic heterocycles. The lowest BCUT2D eigenvalue weighted by Gasteiger charge is -2.37. The average Bonchev–Trinajstić information content (AvgIpc) is 2.44. The number of aliphatic hydroxyl groups excluding tert-OH is 1. The summed E-state index contributed by atoms with van der Waals surface area (Å²) in [5.41, 5.74) is 0.708. The van der Waals surface area contributed by atoms with Crippen molar-refractivity contribution in [2.45, 2.75) is 39.0 Å². The summed E-state index contributed by atoms with van der Waals surface area (Å²) >= 11 is 0. The molecule has 0 aliphatic carbocycles. The van der Waals surface area contributed by atoms with Crippen molar-refractivity contribution in [1.29, 1.82) is 0 Å². The van der Waals surface area contributed by atoms with E-state index in [0.717, 1.165) is 19.4 Å². The fourth-order valence-electron chi connectivity index (χ4n) is 2.70. The number of hydrogen-bond acceptors (Lipinski definition) is 3. The summed E-state index contributed by atoms with van der Waals surface area (Å²) in [5.74, 6) is -0.975. The lowest BCUT2D eigenvalue weighted by Crippen LogP contribution is -2.42. The van der Waals surface area contributed by atoms with Gasteiger partial charge in [0.1, 0.15) is 0 Å². The Labute approximate surface area is 122 Å². The van der Waals surface area contributed by atoms with E-state index in [1.54, 1.807) is 6.07 Å². The molecule has 0 bridgehead atoms. The number of aliphatic hydroxyl groups is 1. The predicted octanol–water partition coefficient (Wildman–Crippen LogP) is 3.02. The summed E-state index contributed by atoms with van der Waals surface area (Å²) < 4.78 is 42.0. The van der Waals surface area contributed by atoms with Crippen molar-refractivity contribution in [2.75, 3.05) is 13.2 Å². The van der Waals surface area contributed by atoms with Crippen LogP contribution in [0.5, 0.6) is 5.75 Å². The van der Waals surface area contributed by atoms with Crippen molar-refractivity contribution in [3.63, 3.8) is 0 Å². The molecule has 1 aliphatic heterocycles. The zero-order chi connectivity index (χ0) is 15.4. The molecular weight excluding hydrogens is 283 g/mol. The molecule has 0 saturated carbocycles. The number of nitrogens with zero attached hydrogens (tertiary/aromatic N) is 1. The second-order valence-electron chi connectivity index (χ2n) is 5.55. The molecule has 118 valence electrons. The molecule has 0 amide bonds. The Morgan fingerprint density at radius 1 is 1.38 bits per heavy atom. The summed E-state index contributed by atoms with van der Waals surface area (Å²) in [4.78, 5) is 2.17. The first-order valence-corrected chi connectivity index (χ1v) is 7.07. The normalized spacial score (nSPS) is 23.5. The molecule has 1 saturated heterocycles. The van der Waals surface area contributed by atoms with E-state index in [9.17, 15) is 18.3 Å². The monoisotopic (exact) mass is 303 g/mol. The number of hydrogen-bond donors (Lipinski definition) is 1. The Morgan fingerprint density at radius 2 is 2.14 bits per heavy atom. The number of benzene rings is 1. The maximum atomic E-state index is 13.7. The van der Waals surface area contributed by atoms with Crippen molar-refractivity contribution in [3.05, 3.63) is 29.6 Å². The van der Waals surface area contributed by atoms with Gasteiger partial charge in [0.25, 0.3) is 0 Å². The highest BCUT2D eigenvalue weighted by molar-refractivity contribution is 5.29. The SMILES string of the molecule is CC1CCC(CO)CN1Cc1ccc(OC(F)F)c(F)c1. The van der Waals surface area contributed by atoms with E-state index < -0.39 is 18.2 Å². The lowest BCUT2D eigenvalue weighted by molar-refractivity contribution is -0.0522. The van der Waals surface area contributed by atoms with Crippen molar-refractivity contribution in [3.8, 4) is 5.75 Å². The summed E-state index contributed by atoms with van der Waals surface area (Å²) in [5, 5.41) is 9.25. The van der Waals surface area contributed by atoms with Gasteiger partial charge in [-0.3, -0.25) is 4.90 Å². The Balaban J connectivity index is 2.03. The smallest absolute Gasteiger partial charge is 0.387 e. The van der Waals surface area contributed by atoms with E-state index in [0.29, 0.717) is 18.2 Å². The number of alkyl halides is 2. The molecule has 1 heterocycles. The number of ether oxygens (including phenoxy) is 1. The maximum Gasteiger partial charge on any atom is 0.387 e. The molecule has 1 aromatic rings. The van der Waals surface area contributed by atoms with Crippen LogP contribution in [0, 0.1) is 11.7 Å². The van der Waals surface area contributed by atoms with Gasteiger partial charge in [0, 0.05) is 25.7 Å². The molecule has 0 radical (unpaired) electrons. The van der Waals surface area contributed by atoms with Crippen LogP contribution in [0.3, 0.4) is 0 Å². The Kier molecular flexibility index (Phi) is 5.47. The minimum absolute atomic E-state index is 0.152. The van der Waals surface area contributed by atoms with Crippen molar-refractivity contribution < 1.29 is 23.0 Å². The Morgan fingerprint density at radius 3 is 2.76 bits per heavy atom. The van der Waals surface area contributed by atoms with Crippen LogP contribution >= 0.6 is 0 Å². The van der Waals surface area contributed by atoms with Crippen molar-refractivity contribution in [2.24, 2.45) is 5.92 Å². The highest BCUT2D eigenvalue weighted by Crippen LogP contribution is 2.25. The van der Waals surface area contributed by atoms with Crippen LogP contribution in [0.1, 0.15) is 25.3 Å². The first-order valence-electron chi connectivity index (χ1n) is 7.07. The van der Waals surface area contributed by atoms with Crippen LogP contribution in [0.2, 0.25) is 0 Å². The van der Waals surface area contributed by atoms with Crippen LogP contribution < -0.4 is 4.74 Å². The number of halogens is 3. The predicted molar refractivity (Wildman–Crippen MR) is 72.7 cm³/mol. The molecule has 21 heavy (non-hydrogen) atoms. The van der Waals surface area contributed by atoms with Crippen molar-refractivity contribution in [1.82, 2.24) is 4.90 Å². The zero-order valence-corrected chi connectivity index (χ0v) is 11.9. The number of piperidine rings is 1.